The lowest BCUT2D eigenvalue weighted by Gasteiger charge is -2.51. The minimum atomic E-state index is 0.268. The van der Waals surface area contributed by atoms with Gasteiger partial charge in [-0.2, -0.15) is 0 Å². The number of imidazole rings is 1. The molecule has 3 heteroatoms. The summed E-state index contributed by atoms with van der Waals surface area (Å²) >= 11 is 0. The van der Waals surface area contributed by atoms with Crippen molar-refractivity contribution >= 4 is 11.9 Å². The first-order valence-corrected chi connectivity index (χ1v) is 8.65. The van der Waals surface area contributed by atoms with Crippen LogP contribution in [0, 0.1) is 5.41 Å². The van der Waals surface area contributed by atoms with Crippen LogP contribution < -0.4 is 0 Å². The number of hydrogen-bond acceptors (Lipinski definition) is 2. The summed E-state index contributed by atoms with van der Waals surface area (Å²) in [7, 11) is 0. The first kappa shape index (κ1) is 16.0. The highest BCUT2D eigenvalue weighted by atomic mass is 15.0. The third-order valence-corrected chi connectivity index (χ3v) is 5.74. The summed E-state index contributed by atoms with van der Waals surface area (Å²) in [5.74, 6) is 1.16. The van der Waals surface area contributed by atoms with Crippen LogP contribution in [-0.2, 0) is 5.41 Å². The Morgan fingerprint density at radius 1 is 1.26 bits per heavy atom. The van der Waals surface area contributed by atoms with E-state index in [0.29, 0.717) is 5.41 Å². The van der Waals surface area contributed by atoms with E-state index in [1.807, 2.05) is 31.3 Å². The number of H-pyrrole nitrogens is 1. The highest BCUT2D eigenvalue weighted by Gasteiger charge is 2.48. The van der Waals surface area contributed by atoms with E-state index in [4.69, 9.17) is 4.98 Å². The van der Waals surface area contributed by atoms with E-state index in [1.165, 1.54) is 38.5 Å². The minimum absolute atomic E-state index is 0.268. The number of fused-ring (bicyclic) bond motifs is 3. The molecule has 23 heavy (non-hydrogen) atoms. The van der Waals surface area contributed by atoms with Gasteiger partial charge >= 0.3 is 0 Å². The first-order valence-electron chi connectivity index (χ1n) is 8.65. The lowest BCUT2D eigenvalue weighted by atomic mass is 9.54. The molecule has 122 valence electrons. The highest BCUT2D eigenvalue weighted by Crippen LogP contribution is 2.56. The van der Waals surface area contributed by atoms with Crippen molar-refractivity contribution in [2.75, 3.05) is 0 Å². The van der Waals surface area contributed by atoms with Crippen molar-refractivity contribution in [1.29, 1.82) is 0 Å². The molecule has 3 fully saturated rings. The normalized spacial score (nSPS) is 31.3. The summed E-state index contributed by atoms with van der Waals surface area (Å²) in [5.41, 5.74) is 2.74. The van der Waals surface area contributed by atoms with Crippen molar-refractivity contribution < 1.29 is 0 Å². The number of aromatic amines is 1. The lowest BCUT2D eigenvalue weighted by molar-refractivity contribution is 0.0511. The van der Waals surface area contributed by atoms with Gasteiger partial charge in [0.15, 0.2) is 0 Å². The average Bonchev–Trinajstić information content (AvgIpc) is 3.07. The third-order valence-electron chi connectivity index (χ3n) is 5.74. The molecule has 0 spiro atoms. The Balaban J connectivity index is 1.87. The molecule has 1 aromatic rings. The minimum Gasteiger partial charge on any atom is -0.340 e. The standard InChI is InChI=1S/C20H27N3/c1-4-6-7-16(21-14-5-2)17-15-22-18(23-17)20-11-8-19(3,9-12-20)10-13-20/h4-7,14-15H,2,8-13H2,1,3H3,(H,22,23)/b6-4-,16-7-,21-14?. The molecular formula is C20H27N3. The SMILES string of the molecule is C=CC=N/C(=C\C=C/C)c1cnc(C23CCC(C)(CC2)CC3)[nH]1. The average molecular weight is 309 g/mol. The predicted octanol–water partition coefficient (Wildman–Crippen LogP) is 5.20. The summed E-state index contributed by atoms with van der Waals surface area (Å²) < 4.78 is 0. The van der Waals surface area contributed by atoms with Crippen LogP contribution >= 0.6 is 0 Å². The molecule has 3 aliphatic rings. The van der Waals surface area contributed by atoms with Crippen molar-refractivity contribution in [3.8, 4) is 0 Å². The molecular weight excluding hydrogens is 282 g/mol. The van der Waals surface area contributed by atoms with Crippen LogP contribution in [0.5, 0.6) is 0 Å². The number of hydrogen-bond donors (Lipinski definition) is 1. The molecule has 2 bridgehead atoms. The van der Waals surface area contributed by atoms with Crippen molar-refractivity contribution in [2.45, 2.75) is 57.8 Å². The number of nitrogens with one attached hydrogen (secondary N) is 1. The van der Waals surface area contributed by atoms with Gasteiger partial charge in [-0.25, -0.2) is 4.98 Å². The second kappa shape index (κ2) is 6.31. The van der Waals surface area contributed by atoms with Gasteiger partial charge in [0.25, 0.3) is 0 Å². The second-order valence-electron chi connectivity index (χ2n) is 7.33. The molecule has 0 aliphatic heterocycles. The van der Waals surface area contributed by atoms with Crippen LogP contribution in [0.4, 0.5) is 0 Å². The van der Waals surface area contributed by atoms with Gasteiger partial charge in [-0.05, 0) is 56.9 Å². The van der Waals surface area contributed by atoms with Crippen molar-refractivity contribution in [1.82, 2.24) is 9.97 Å². The Bertz CT molecular complexity index is 636. The molecule has 0 amide bonds. The van der Waals surface area contributed by atoms with Gasteiger partial charge in [0.05, 0.1) is 17.6 Å². The van der Waals surface area contributed by atoms with Crippen molar-refractivity contribution in [2.24, 2.45) is 10.4 Å². The predicted molar refractivity (Wildman–Crippen MR) is 97.6 cm³/mol. The fourth-order valence-electron chi connectivity index (χ4n) is 3.97. The molecule has 0 saturated heterocycles. The van der Waals surface area contributed by atoms with Gasteiger partial charge in [0.2, 0.25) is 0 Å². The zero-order chi connectivity index (χ0) is 16.3. The third kappa shape index (κ3) is 3.10. The zero-order valence-corrected chi connectivity index (χ0v) is 14.3. The van der Waals surface area contributed by atoms with E-state index < -0.39 is 0 Å². The molecule has 0 radical (unpaired) electrons. The van der Waals surface area contributed by atoms with Crippen molar-refractivity contribution in [3.05, 3.63) is 48.6 Å². The molecule has 0 aromatic carbocycles. The molecule has 1 heterocycles. The quantitative estimate of drug-likeness (QED) is 0.590. The zero-order valence-electron chi connectivity index (χ0n) is 14.3. The maximum Gasteiger partial charge on any atom is 0.112 e. The number of aliphatic imine (C=N–C) groups is 1. The maximum atomic E-state index is 4.75. The van der Waals surface area contributed by atoms with E-state index in [-0.39, 0.29) is 5.41 Å². The lowest BCUT2D eigenvalue weighted by Crippen LogP contribution is -2.43. The van der Waals surface area contributed by atoms with E-state index in [2.05, 4.69) is 23.5 Å². The second-order valence-corrected chi connectivity index (χ2v) is 7.33. The number of rotatable bonds is 5. The number of nitrogens with zero attached hydrogens (tertiary/aromatic N) is 2. The molecule has 1 aromatic heterocycles. The van der Waals surface area contributed by atoms with Gasteiger partial charge < -0.3 is 4.98 Å². The summed E-state index contributed by atoms with van der Waals surface area (Å²) in [4.78, 5) is 12.8. The smallest absolute Gasteiger partial charge is 0.112 e. The van der Waals surface area contributed by atoms with Crippen LogP contribution in [0.1, 0.15) is 63.9 Å². The maximum absolute atomic E-state index is 4.75. The number of aromatic nitrogens is 2. The van der Waals surface area contributed by atoms with Gasteiger partial charge in [0, 0.05) is 11.6 Å². The Morgan fingerprint density at radius 2 is 1.96 bits per heavy atom. The van der Waals surface area contributed by atoms with E-state index >= 15 is 0 Å². The van der Waals surface area contributed by atoms with Gasteiger partial charge in [0.1, 0.15) is 5.82 Å². The molecule has 3 saturated carbocycles. The Labute approximate surface area is 139 Å². The summed E-state index contributed by atoms with van der Waals surface area (Å²) in [6, 6.07) is 0. The van der Waals surface area contributed by atoms with E-state index in [0.717, 1.165) is 17.2 Å². The van der Waals surface area contributed by atoms with Gasteiger partial charge in [-0.1, -0.05) is 31.7 Å². The van der Waals surface area contributed by atoms with E-state index in [1.54, 1.807) is 12.3 Å². The molecule has 3 aliphatic carbocycles. The Hall–Kier alpha value is -1.90. The van der Waals surface area contributed by atoms with Crippen LogP contribution in [0.2, 0.25) is 0 Å². The fourth-order valence-corrected chi connectivity index (χ4v) is 3.97. The largest absolute Gasteiger partial charge is 0.340 e. The Morgan fingerprint density at radius 3 is 2.57 bits per heavy atom. The molecule has 4 rings (SSSR count). The number of allylic oxidation sites excluding steroid dienone is 4. The molecule has 3 nitrogen and oxygen atoms in total. The Kier molecular flexibility index (Phi) is 4.38. The van der Waals surface area contributed by atoms with Crippen molar-refractivity contribution in [3.63, 3.8) is 0 Å². The summed E-state index contributed by atoms with van der Waals surface area (Å²) in [5, 5.41) is 0. The monoisotopic (exact) mass is 309 g/mol. The van der Waals surface area contributed by atoms with Crippen LogP contribution in [0.15, 0.2) is 42.1 Å². The van der Waals surface area contributed by atoms with Gasteiger partial charge in [-0.15, -0.1) is 0 Å². The van der Waals surface area contributed by atoms with Crippen LogP contribution in [0.25, 0.3) is 5.70 Å². The van der Waals surface area contributed by atoms with Gasteiger partial charge in [-0.3, -0.25) is 4.99 Å². The topological polar surface area (TPSA) is 41.0 Å². The summed E-state index contributed by atoms with van der Waals surface area (Å²) in [6.45, 7) is 8.15. The fraction of sp³-hybridized carbons (Fsp3) is 0.500. The summed E-state index contributed by atoms with van der Waals surface area (Å²) in [6.07, 6.45) is 19.2. The molecule has 0 atom stereocenters. The first-order chi connectivity index (χ1) is 11.1. The van der Waals surface area contributed by atoms with Crippen LogP contribution in [0.3, 0.4) is 0 Å². The van der Waals surface area contributed by atoms with E-state index in [9.17, 15) is 0 Å². The molecule has 0 unspecified atom stereocenters. The van der Waals surface area contributed by atoms with Crippen LogP contribution in [-0.4, -0.2) is 16.2 Å². The molecule has 1 N–H and O–H groups in total. The highest BCUT2D eigenvalue weighted by molar-refractivity contribution is 5.79.